The number of carbonyl (C=O) groups excluding carboxylic acids is 1. The molecule has 2 heterocycles. The molecule has 1 aliphatic carbocycles. The largest absolute Gasteiger partial charge is 0.486 e. The average Bonchev–Trinajstić information content (AvgIpc) is 3.41. The normalized spacial score (nSPS) is 25.9. The first kappa shape index (κ1) is 20.3. The van der Waals surface area contributed by atoms with Crippen molar-refractivity contribution in [3.05, 3.63) is 54.1 Å². The maximum absolute atomic E-state index is 13.6. The summed E-state index contributed by atoms with van der Waals surface area (Å²) in [4.78, 5) is 13.4. The summed E-state index contributed by atoms with van der Waals surface area (Å²) in [6.45, 7) is 2.74. The van der Waals surface area contributed by atoms with Gasteiger partial charge < -0.3 is 14.8 Å². The number of carbonyl (C=O) groups is 1. The molecule has 1 saturated heterocycles. The monoisotopic (exact) mass is 442 g/mol. The maximum Gasteiger partial charge on any atom is 0.244 e. The second kappa shape index (κ2) is 7.84. The Bertz CT molecular complexity index is 1090. The molecule has 0 radical (unpaired) electrons. The van der Waals surface area contributed by atoms with Gasteiger partial charge in [-0.25, -0.2) is 8.42 Å². The van der Waals surface area contributed by atoms with E-state index in [9.17, 15) is 13.2 Å². The molecule has 8 heteroatoms. The number of hydrogen-bond donors (Lipinski definition) is 1. The summed E-state index contributed by atoms with van der Waals surface area (Å²) in [6.07, 6.45) is 2.38. The molecule has 2 aliphatic heterocycles. The number of ether oxygens (including phenoxy) is 2. The van der Waals surface area contributed by atoms with Crippen molar-refractivity contribution in [2.75, 3.05) is 13.2 Å². The van der Waals surface area contributed by atoms with Crippen LogP contribution in [0.5, 0.6) is 11.5 Å². The Labute approximate surface area is 182 Å². The van der Waals surface area contributed by atoms with Crippen LogP contribution in [0, 0.1) is 5.92 Å². The Morgan fingerprint density at radius 3 is 2.58 bits per heavy atom. The smallest absolute Gasteiger partial charge is 0.244 e. The van der Waals surface area contributed by atoms with Gasteiger partial charge >= 0.3 is 0 Å². The Balaban J connectivity index is 1.42. The summed E-state index contributed by atoms with van der Waals surface area (Å²) in [6, 6.07) is 13.3. The van der Waals surface area contributed by atoms with Crippen LogP contribution in [0.4, 0.5) is 0 Å². The fraction of sp³-hybridized carbons (Fsp3) is 0.435. The molecular formula is C23H26N2O5S. The molecule has 1 amide bonds. The predicted octanol–water partition coefficient (Wildman–Crippen LogP) is 2.88. The molecule has 2 aromatic carbocycles. The van der Waals surface area contributed by atoms with Crippen LogP contribution in [0.2, 0.25) is 0 Å². The lowest BCUT2D eigenvalue weighted by Crippen LogP contribution is -2.52. The zero-order valence-corrected chi connectivity index (χ0v) is 18.2. The van der Waals surface area contributed by atoms with E-state index in [2.05, 4.69) is 5.32 Å². The van der Waals surface area contributed by atoms with E-state index in [0.717, 1.165) is 24.8 Å². The minimum Gasteiger partial charge on any atom is -0.486 e. The number of fused-ring (bicyclic) bond motifs is 3. The van der Waals surface area contributed by atoms with E-state index in [1.165, 1.54) is 16.4 Å². The van der Waals surface area contributed by atoms with Crippen molar-refractivity contribution < 1.29 is 22.7 Å². The number of nitrogens with zero attached hydrogens (tertiary/aromatic N) is 1. The number of amides is 1. The van der Waals surface area contributed by atoms with Crippen molar-refractivity contribution in [2.24, 2.45) is 5.92 Å². The minimum atomic E-state index is -3.86. The lowest BCUT2D eigenvalue weighted by Gasteiger charge is -2.34. The maximum atomic E-state index is 13.6. The van der Waals surface area contributed by atoms with Crippen LogP contribution in [0.25, 0.3) is 0 Å². The van der Waals surface area contributed by atoms with Gasteiger partial charge in [-0.1, -0.05) is 30.3 Å². The Kier molecular flexibility index (Phi) is 5.14. The Hall–Kier alpha value is -2.58. The summed E-state index contributed by atoms with van der Waals surface area (Å²) in [7, 11) is -3.86. The number of nitrogens with one attached hydrogen (secondary N) is 1. The summed E-state index contributed by atoms with van der Waals surface area (Å²) in [5, 5.41) is 3.04. The van der Waals surface area contributed by atoms with Crippen molar-refractivity contribution in [3.8, 4) is 11.5 Å². The number of rotatable bonds is 5. The molecule has 1 saturated carbocycles. The molecule has 0 aromatic heterocycles. The van der Waals surface area contributed by atoms with Gasteiger partial charge in [0, 0.05) is 12.1 Å². The van der Waals surface area contributed by atoms with Gasteiger partial charge in [0.1, 0.15) is 19.3 Å². The molecule has 2 fully saturated rings. The zero-order valence-electron chi connectivity index (χ0n) is 17.4. The standard InChI is InChI=1S/C23H26N2O5S/c1-15(16-5-3-2-4-6-16)24-23(26)22-17-7-8-18(13-17)25(22)31(27,28)19-9-10-20-21(14-19)30-12-11-29-20/h2-6,9-10,14-15,17-18,22H,7-8,11-13H2,1H3,(H,24,26)/t15-,17+,18+,22-/m1/s1. The molecule has 2 aromatic rings. The van der Waals surface area contributed by atoms with E-state index in [0.29, 0.717) is 24.7 Å². The van der Waals surface area contributed by atoms with Gasteiger partial charge in [-0.3, -0.25) is 4.79 Å². The molecular weight excluding hydrogens is 416 g/mol. The van der Waals surface area contributed by atoms with Crippen molar-refractivity contribution >= 4 is 15.9 Å². The van der Waals surface area contributed by atoms with Gasteiger partial charge in [-0.2, -0.15) is 4.31 Å². The molecule has 4 atom stereocenters. The lowest BCUT2D eigenvalue weighted by molar-refractivity contribution is -0.126. The fourth-order valence-corrected chi connectivity index (χ4v) is 6.94. The predicted molar refractivity (Wildman–Crippen MR) is 114 cm³/mol. The van der Waals surface area contributed by atoms with Crippen LogP contribution in [-0.4, -0.2) is 43.9 Å². The van der Waals surface area contributed by atoms with Crippen molar-refractivity contribution in [2.45, 2.75) is 49.2 Å². The molecule has 1 N–H and O–H groups in total. The topological polar surface area (TPSA) is 84.9 Å². The third kappa shape index (κ3) is 3.57. The molecule has 3 aliphatic rings. The SMILES string of the molecule is C[C@@H](NC(=O)[C@H]1[C@H]2CC[C@@H](C2)N1S(=O)(=O)c1ccc2c(c1)OCCO2)c1ccccc1. The summed E-state index contributed by atoms with van der Waals surface area (Å²) >= 11 is 0. The van der Waals surface area contributed by atoms with Crippen molar-refractivity contribution in [1.82, 2.24) is 9.62 Å². The summed E-state index contributed by atoms with van der Waals surface area (Å²) < 4.78 is 39.8. The van der Waals surface area contributed by atoms with Gasteiger partial charge in [-0.05, 0) is 49.8 Å². The molecule has 7 nitrogen and oxygen atoms in total. The molecule has 0 unspecified atom stereocenters. The van der Waals surface area contributed by atoms with Crippen LogP contribution in [0.15, 0.2) is 53.4 Å². The Morgan fingerprint density at radius 2 is 1.81 bits per heavy atom. The van der Waals surface area contributed by atoms with Crippen molar-refractivity contribution in [1.29, 1.82) is 0 Å². The number of benzene rings is 2. The first-order chi connectivity index (χ1) is 14.9. The summed E-state index contributed by atoms with van der Waals surface area (Å²) in [5.74, 6) is 0.777. The molecule has 164 valence electrons. The number of piperidine rings is 1. The van der Waals surface area contributed by atoms with E-state index >= 15 is 0 Å². The van der Waals surface area contributed by atoms with Crippen LogP contribution >= 0.6 is 0 Å². The van der Waals surface area contributed by atoms with Gasteiger partial charge in [0.05, 0.1) is 10.9 Å². The van der Waals surface area contributed by atoms with Gasteiger partial charge in [0.25, 0.3) is 0 Å². The van der Waals surface area contributed by atoms with E-state index in [-0.39, 0.29) is 28.8 Å². The number of sulfonamides is 1. The van der Waals surface area contributed by atoms with Gasteiger partial charge in [-0.15, -0.1) is 0 Å². The van der Waals surface area contributed by atoms with Crippen LogP contribution in [0.1, 0.15) is 37.8 Å². The van der Waals surface area contributed by atoms with Crippen LogP contribution in [-0.2, 0) is 14.8 Å². The lowest BCUT2D eigenvalue weighted by atomic mass is 9.98. The second-order valence-electron chi connectivity index (χ2n) is 8.45. The minimum absolute atomic E-state index is 0.0416. The Morgan fingerprint density at radius 1 is 1.06 bits per heavy atom. The van der Waals surface area contributed by atoms with Gasteiger partial charge in [0.15, 0.2) is 11.5 Å². The second-order valence-corrected chi connectivity index (χ2v) is 10.3. The third-order valence-corrected chi connectivity index (χ3v) is 8.47. The van der Waals surface area contributed by atoms with Gasteiger partial charge in [0.2, 0.25) is 15.9 Å². The molecule has 2 bridgehead atoms. The number of hydrogen-bond acceptors (Lipinski definition) is 5. The highest BCUT2D eigenvalue weighted by atomic mass is 32.2. The van der Waals surface area contributed by atoms with Crippen LogP contribution < -0.4 is 14.8 Å². The van der Waals surface area contributed by atoms with E-state index in [1.807, 2.05) is 37.3 Å². The van der Waals surface area contributed by atoms with Crippen LogP contribution in [0.3, 0.4) is 0 Å². The van der Waals surface area contributed by atoms with Crippen molar-refractivity contribution in [3.63, 3.8) is 0 Å². The fourth-order valence-electron chi connectivity index (χ4n) is 5.05. The highest BCUT2D eigenvalue weighted by Crippen LogP contribution is 2.46. The average molecular weight is 443 g/mol. The van der Waals surface area contributed by atoms with E-state index in [1.54, 1.807) is 6.07 Å². The summed E-state index contributed by atoms with van der Waals surface area (Å²) in [5.41, 5.74) is 0.986. The third-order valence-electron chi connectivity index (χ3n) is 6.54. The highest BCUT2D eigenvalue weighted by Gasteiger charge is 2.54. The van der Waals surface area contributed by atoms with E-state index in [4.69, 9.17) is 9.47 Å². The molecule has 0 spiro atoms. The quantitative estimate of drug-likeness (QED) is 0.770. The first-order valence-electron chi connectivity index (χ1n) is 10.7. The highest BCUT2D eigenvalue weighted by molar-refractivity contribution is 7.89. The van der Waals surface area contributed by atoms with E-state index < -0.39 is 16.1 Å². The molecule has 31 heavy (non-hydrogen) atoms. The first-order valence-corrected chi connectivity index (χ1v) is 12.2. The molecule has 5 rings (SSSR count). The zero-order chi connectivity index (χ0) is 21.6.